The Morgan fingerprint density at radius 3 is 2.50 bits per heavy atom. The van der Waals surface area contributed by atoms with Gasteiger partial charge in [0.25, 0.3) is 0 Å². The van der Waals surface area contributed by atoms with E-state index in [1.54, 1.807) is 21.0 Å². The van der Waals surface area contributed by atoms with Gasteiger partial charge in [-0.1, -0.05) is 11.6 Å². The average molecular weight is 272 g/mol. The zero-order valence-electron chi connectivity index (χ0n) is 11.9. The topological polar surface area (TPSA) is 72.3 Å². The summed E-state index contributed by atoms with van der Waals surface area (Å²) in [5, 5.41) is 9.41. The molecule has 0 saturated carbocycles. The molecule has 0 radical (unpaired) electrons. The molecule has 1 N–H and O–H groups in total. The first-order valence-corrected chi connectivity index (χ1v) is 6.17. The minimum Gasteiger partial charge on any atom is -0.496 e. The van der Waals surface area contributed by atoms with E-state index in [4.69, 9.17) is 4.74 Å². The Kier molecular flexibility index (Phi) is 3.70. The molecule has 20 heavy (non-hydrogen) atoms. The first kappa shape index (κ1) is 14.0. The van der Waals surface area contributed by atoms with E-state index in [2.05, 4.69) is 9.97 Å². The second-order valence-corrected chi connectivity index (χ2v) is 4.59. The highest BCUT2D eigenvalue weighted by atomic mass is 16.5. The number of hydrogen-bond acceptors (Lipinski definition) is 4. The van der Waals surface area contributed by atoms with E-state index in [1.165, 1.54) is 0 Å². The second-order valence-electron chi connectivity index (χ2n) is 4.59. The van der Waals surface area contributed by atoms with E-state index in [-0.39, 0.29) is 5.56 Å². The number of carboxylic acids is 1. The van der Waals surface area contributed by atoms with Crippen LogP contribution in [0, 0.1) is 20.8 Å². The molecule has 0 unspecified atom stereocenters. The van der Waals surface area contributed by atoms with Gasteiger partial charge in [-0.3, -0.25) is 0 Å². The number of carboxylic acid groups (broad SMARTS) is 1. The van der Waals surface area contributed by atoms with Crippen LogP contribution in [0.15, 0.2) is 18.2 Å². The van der Waals surface area contributed by atoms with Gasteiger partial charge in [0, 0.05) is 5.56 Å². The van der Waals surface area contributed by atoms with Gasteiger partial charge in [-0.25, -0.2) is 14.8 Å². The third-order valence-corrected chi connectivity index (χ3v) is 3.03. The summed E-state index contributed by atoms with van der Waals surface area (Å²) < 4.78 is 5.32. The van der Waals surface area contributed by atoms with Crippen molar-refractivity contribution in [2.24, 2.45) is 0 Å². The molecule has 5 nitrogen and oxygen atoms in total. The Hall–Kier alpha value is -2.43. The number of aryl methyl sites for hydroxylation is 3. The molecule has 104 valence electrons. The summed E-state index contributed by atoms with van der Waals surface area (Å²) in [7, 11) is 1.55. The number of rotatable bonds is 3. The van der Waals surface area contributed by atoms with Crippen molar-refractivity contribution in [2.75, 3.05) is 7.11 Å². The summed E-state index contributed by atoms with van der Waals surface area (Å²) in [5.41, 5.74) is 2.62. The third-order valence-electron chi connectivity index (χ3n) is 3.03. The summed E-state index contributed by atoms with van der Waals surface area (Å²) in [6, 6.07) is 5.58. The van der Waals surface area contributed by atoms with Crippen LogP contribution >= 0.6 is 0 Å². The molecule has 2 aromatic rings. The Bertz CT molecular complexity index is 681. The molecular formula is C15H16N2O3. The lowest BCUT2D eigenvalue weighted by molar-refractivity contribution is 0.0696. The van der Waals surface area contributed by atoms with Crippen LogP contribution in [0.1, 0.15) is 27.4 Å². The van der Waals surface area contributed by atoms with Crippen molar-refractivity contribution >= 4 is 5.97 Å². The van der Waals surface area contributed by atoms with Crippen LogP contribution in [-0.4, -0.2) is 28.2 Å². The molecule has 0 amide bonds. The van der Waals surface area contributed by atoms with E-state index >= 15 is 0 Å². The average Bonchev–Trinajstić information content (AvgIpc) is 2.37. The van der Waals surface area contributed by atoms with Crippen LogP contribution in [0.4, 0.5) is 0 Å². The van der Waals surface area contributed by atoms with Crippen molar-refractivity contribution < 1.29 is 14.6 Å². The Balaban J connectivity index is 2.81. The Labute approximate surface area is 117 Å². The van der Waals surface area contributed by atoms with Crippen LogP contribution in [0.3, 0.4) is 0 Å². The van der Waals surface area contributed by atoms with Crippen molar-refractivity contribution in [2.45, 2.75) is 20.8 Å². The van der Waals surface area contributed by atoms with Crippen LogP contribution in [0.25, 0.3) is 11.3 Å². The summed E-state index contributed by atoms with van der Waals surface area (Å²) >= 11 is 0. The standard InChI is InChI=1S/C15H16N2O3/c1-8-5-6-12(20-4)11(7-8)14-13(15(18)19)9(2)16-10(3)17-14/h5-7H,1-4H3,(H,18,19). The summed E-state index contributed by atoms with van der Waals surface area (Å²) in [4.78, 5) is 19.9. The SMILES string of the molecule is COc1ccc(C)cc1-c1nc(C)nc(C)c1C(=O)O. The fraction of sp³-hybridized carbons (Fsp3) is 0.267. The van der Waals surface area contributed by atoms with Gasteiger partial charge in [-0.2, -0.15) is 0 Å². The van der Waals surface area contributed by atoms with Gasteiger partial charge in [-0.15, -0.1) is 0 Å². The molecule has 1 heterocycles. The summed E-state index contributed by atoms with van der Waals surface area (Å²) in [6.45, 7) is 5.35. The number of hydrogen-bond donors (Lipinski definition) is 1. The van der Waals surface area contributed by atoms with Gasteiger partial charge in [-0.05, 0) is 32.9 Å². The molecule has 0 saturated heterocycles. The van der Waals surface area contributed by atoms with Gasteiger partial charge in [0.15, 0.2) is 0 Å². The lowest BCUT2D eigenvalue weighted by Gasteiger charge is -2.13. The van der Waals surface area contributed by atoms with Crippen LogP contribution in [0.5, 0.6) is 5.75 Å². The molecule has 2 rings (SSSR count). The molecule has 0 aliphatic heterocycles. The predicted octanol–water partition coefficient (Wildman–Crippen LogP) is 2.78. The first-order chi connectivity index (χ1) is 9.43. The molecular weight excluding hydrogens is 256 g/mol. The molecule has 0 aliphatic carbocycles. The van der Waals surface area contributed by atoms with E-state index in [1.807, 2.05) is 25.1 Å². The van der Waals surface area contributed by atoms with Crippen molar-refractivity contribution in [3.05, 3.63) is 40.8 Å². The summed E-state index contributed by atoms with van der Waals surface area (Å²) in [5.74, 6) is 0.0859. The van der Waals surface area contributed by atoms with Gasteiger partial charge in [0.05, 0.1) is 18.5 Å². The minimum absolute atomic E-state index is 0.111. The lowest BCUT2D eigenvalue weighted by Crippen LogP contribution is -2.09. The zero-order chi connectivity index (χ0) is 14.9. The van der Waals surface area contributed by atoms with Gasteiger partial charge < -0.3 is 9.84 Å². The van der Waals surface area contributed by atoms with Crippen LogP contribution < -0.4 is 4.74 Å². The number of carbonyl (C=O) groups is 1. The molecule has 1 aromatic carbocycles. The smallest absolute Gasteiger partial charge is 0.339 e. The Morgan fingerprint density at radius 2 is 1.90 bits per heavy atom. The van der Waals surface area contributed by atoms with Crippen molar-refractivity contribution in [1.82, 2.24) is 9.97 Å². The van der Waals surface area contributed by atoms with Gasteiger partial charge in [0.1, 0.15) is 17.1 Å². The maximum absolute atomic E-state index is 11.5. The quantitative estimate of drug-likeness (QED) is 0.930. The number of aromatic carboxylic acids is 1. The number of ether oxygens (including phenoxy) is 1. The number of aromatic nitrogens is 2. The number of nitrogens with zero attached hydrogens (tertiary/aromatic N) is 2. The second kappa shape index (κ2) is 5.28. The van der Waals surface area contributed by atoms with Gasteiger partial charge in [0.2, 0.25) is 0 Å². The van der Waals surface area contributed by atoms with E-state index in [0.29, 0.717) is 28.5 Å². The third kappa shape index (κ3) is 2.47. The van der Waals surface area contributed by atoms with E-state index in [9.17, 15) is 9.90 Å². The maximum atomic E-state index is 11.5. The van der Waals surface area contributed by atoms with Crippen LogP contribution in [-0.2, 0) is 0 Å². The number of methoxy groups -OCH3 is 1. The van der Waals surface area contributed by atoms with Gasteiger partial charge >= 0.3 is 5.97 Å². The fourth-order valence-electron chi connectivity index (χ4n) is 2.17. The molecule has 0 bridgehead atoms. The highest BCUT2D eigenvalue weighted by Gasteiger charge is 2.20. The lowest BCUT2D eigenvalue weighted by atomic mass is 10.0. The van der Waals surface area contributed by atoms with Crippen molar-refractivity contribution in [3.8, 4) is 17.0 Å². The Morgan fingerprint density at radius 1 is 1.20 bits per heavy atom. The fourth-order valence-corrected chi connectivity index (χ4v) is 2.17. The molecule has 1 aromatic heterocycles. The normalized spacial score (nSPS) is 10.4. The van der Waals surface area contributed by atoms with E-state index < -0.39 is 5.97 Å². The van der Waals surface area contributed by atoms with E-state index in [0.717, 1.165) is 5.56 Å². The molecule has 5 heteroatoms. The maximum Gasteiger partial charge on any atom is 0.339 e. The highest BCUT2D eigenvalue weighted by Crippen LogP contribution is 2.32. The molecule has 0 aliphatic rings. The monoisotopic (exact) mass is 272 g/mol. The van der Waals surface area contributed by atoms with Crippen molar-refractivity contribution in [3.63, 3.8) is 0 Å². The highest BCUT2D eigenvalue weighted by molar-refractivity contribution is 5.96. The predicted molar refractivity (Wildman–Crippen MR) is 75.2 cm³/mol. The zero-order valence-corrected chi connectivity index (χ0v) is 11.9. The van der Waals surface area contributed by atoms with Crippen LogP contribution in [0.2, 0.25) is 0 Å². The molecule has 0 spiro atoms. The summed E-state index contributed by atoms with van der Waals surface area (Å²) in [6.07, 6.45) is 0. The molecule has 0 fully saturated rings. The first-order valence-electron chi connectivity index (χ1n) is 6.17. The number of benzene rings is 1. The molecule has 0 atom stereocenters. The van der Waals surface area contributed by atoms with Crippen molar-refractivity contribution in [1.29, 1.82) is 0 Å². The minimum atomic E-state index is -1.04. The largest absolute Gasteiger partial charge is 0.496 e.